The van der Waals surface area contributed by atoms with Gasteiger partial charge < -0.3 is 15.9 Å². The molecule has 0 bridgehead atoms. The van der Waals surface area contributed by atoms with E-state index in [0.29, 0.717) is 28.5 Å². The number of hydrogen-bond donors (Lipinski definition) is 3. The molecule has 0 amide bonds. The van der Waals surface area contributed by atoms with Crippen LogP contribution >= 0.6 is 22.9 Å². The predicted octanol–water partition coefficient (Wildman–Crippen LogP) is 1.90. The minimum absolute atomic E-state index is 0.299. The second kappa shape index (κ2) is 5.18. The topological polar surface area (TPSA) is 79.4 Å². The molecule has 2 unspecified atom stereocenters. The largest absolute Gasteiger partial charge is 0.390 e. The van der Waals surface area contributed by atoms with E-state index in [0.717, 1.165) is 4.70 Å². The number of nitrogen functional groups attached to an aromatic ring is 1. The van der Waals surface area contributed by atoms with Gasteiger partial charge in [0.25, 0.3) is 0 Å². The van der Waals surface area contributed by atoms with Crippen LogP contribution in [0.2, 0.25) is 0 Å². The van der Waals surface area contributed by atoms with Gasteiger partial charge in [0.05, 0.1) is 16.3 Å². The third-order valence-corrected chi connectivity index (χ3v) is 3.62. The zero-order chi connectivity index (χ0) is 12.4. The van der Waals surface area contributed by atoms with Crippen molar-refractivity contribution in [3.8, 4) is 0 Å². The van der Waals surface area contributed by atoms with Crippen LogP contribution in [0.5, 0.6) is 0 Å². The molecule has 92 valence electrons. The van der Waals surface area contributed by atoms with Crippen LogP contribution in [-0.4, -0.2) is 27.2 Å². The predicted molar refractivity (Wildman–Crippen MR) is 70.3 cm³/mol. The maximum atomic E-state index is 10.0. The molecule has 1 heterocycles. The van der Waals surface area contributed by atoms with Gasteiger partial charge in [-0.1, -0.05) is 23.5 Å². The maximum Gasteiger partial charge on any atom is 0.181 e. The van der Waals surface area contributed by atoms with Gasteiger partial charge in [-0.15, -0.1) is 11.6 Å². The lowest BCUT2D eigenvalue weighted by atomic mass is 10.0. The summed E-state index contributed by atoms with van der Waals surface area (Å²) in [6, 6.07) is 5.43. The normalized spacial score (nSPS) is 15.0. The summed E-state index contributed by atoms with van der Waals surface area (Å²) < 4.78 is 0.900. The van der Waals surface area contributed by atoms with Crippen molar-refractivity contribution in [2.45, 2.75) is 18.6 Å². The zero-order valence-corrected chi connectivity index (χ0v) is 10.6. The molecule has 2 atom stereocenters. The summed E-state index contributed by atoms with van der Waals surface area (Å²) in [4.78, 5) is 4.17. The van der Waals surface area contributed by atoms with Crippen LogP contribution in [0.25, 0.3) is 10.2 Å². The van der Waals surface area contributed by atoms with Crippen molar-refractivity contribution < 1.29 is 10.2 Å². The molecule has 0 spiro atoms. The summed E-state index contributed by atoms with van der Waals surface area (Å²) in [5.74, 6) is 0.299. The Balaban J connectivity index is 2.40. The first kappa shape index (κ1) is 12.6. The molecule has 0 saturated carbocycles. The van der Waals surface area contributed by atoms with Crippen LogP contribution in [0, 0.1) is 0 Å². The summed E-state index contributed by atoms with van der Waals surface area (Å²) in [5.41, 5.74) is 6.88. The number of benzene rings is 1. The van der Waals surface area contributed by atoms with E-state index in [9.17, 15) is 10.2 Å². The van der Waals surface area contributed by atoms with E-state index in [1.54, 1.807) is 6.07 Å². The fourth-order valence-electron chi connectivity index (χ4n) is 1.70. The number of aliphatic hydroxyl groups is 2. The van der Waals surface area contributed by atoms with E-state index in [-0.39, 0.29) is 0 Å². The van der Waals surface area contributed by atoms with Crippen molar-refractivity contribution in [1.82, 2.24) is 4.98 Å². The Labute approximate surface area is 108 Å². The maximum absolute atomic E-state index is 10.0. The summed E-state index contributed by atoms with van der Waals surface area (Å²) >= 11 is 6.90. The highest BCUT2D eigenvalue weighted by Gasteiger charge is 2.21. The number of thiazole rings is 1. The minimum Gasteiger partial charge on any atom is -0.390 e. The number of halogens is 1. The third kappa shape index (κ3) is 2.52. The molecule has 2 aromatic rings. The summed E-state index contributed by atoms with van der Waals surface area (Å²) in [6.45, 7) is 0. The Morgan fingerprint density at radius 1 is 1.41 bits per heavy atom. The lowest BCUT2D eigenvalue weighted by Gasteiger charge is -2.17. The van der Waals surface area contributed by atoms with Crippen molar-refractivity contribution in [2.24, 2.45) is 0 Å². The van der Waals surface area contributed by atoms with Crippen molar-refractivity contribution in [3.63, 3.8) is 0 Å². The highest BCUT2D eigenvalue weighted by Crippen LogP contribution is 2.31. The number of rotatable bonds is 4. The molecule has 0 aliphatic heterocycles. The van der Waals surface area contributed by atoms with Gasteiger partial charge in [-0.2, -0.15) is 0 Å². The molecule has 1 aromatic carbocycles. The molecule has 4 nitrogen and oxygen atoms in total. The van der Waals surface area contributed by atoms with Crippen molar-refractivity contribution in [2.75, 3.05) is 11.6 Å². The van der Waals surface area contributed by atoms with Gasteiger partial charge in [0.15, 0.2) is 5.13 Å². The van der Waals surface area contributed by atoms with Crippen LogP contribution in [0.3, 0.4) is 0 Å². The number of alkyl halides is 1. The number of aromatic nitrogens is 1. The molecule has 6 heteroatoms. The number of anilines is 1. The molecule has 1 aromatic heterocycles. The minimum atomic E-state index is -0.987. The summed E-state index contributed by atoms with van der Waals surface area (Å²) in [5, 5.41) is 20.2. The molecule has 17 heavy (non-hydrogen) atoms. The number of hydrogen-bond acceptors (Lipinski definition) is 5. The van der Waals surface area contributed by atoms with E-state index < -0.39 is 12.2 Å². The highest BCUT2D eigenvalue weighted by molar-refractivity contribution is 7.22. The second-order valence-corrected chi connectivity index (χ2v) is 5.18. The van der Waals surface area contributed by atoms with Gasteiger partial charge in [0, 0.05) is 11.4 Å². The Morgan fingerprint density at radius 3 is 2.88 bits per heavy atom. The molecule has 0 fully saturated rings. The van der Waals surface area contributed by atoms with Crippen LogP contribution in [0.4, 0.5) is 5.13 Å². The molecular weight excluding hydrogens is 260 g/mol. The van der Waals surface area contributed by atoms with E-state index in [1.807, 2.05) is 12.1 Å². The van der Waals surface area contributed by atoms with Crippen LogP contribution in [0.15, 0.2) is 18.2 Å². The average molecular weight is 273 g/mol. The first-order chi connectivity index (χ1) is 8.13. The fourth-order valence-corrected chi connectivity index (χ4v) is 2.70. The molecule has 0 radical (unpaired) electrons. The van der Waals surface area contributed by atoms with Crippen LogP contribution in [-0.2, 0) is 0 Å². The quantitative estimate of drug-likeness (QED) is 0.743. The molecular formula is C11H13ClN2O2S. The van der Waals surface area contributed by atoms with Gasteiger partial charge in [-0.3, -0.25) is 0 Å². The van der Waals surface area contributed by atoms with Crippen LogP contribution < -0.4 is 5.73 Å². The van der Waals surface area contributed by atoms with Gasteiger partial charge >= 0.3 is 0 Å². The smallest absolute Gasteiger partial charge is 0.181 e. The van der Waals surface area contributed by atoms with E-state index in [4.69, 9.17) is 17.3 Å². The molecule has 2 rings (SSSR count). The summed E-state index contributed by atoms with van der Waals surface area (Å²) in [7, 11) is 0. The SMILES string of the molecule is Nc1nc2c(C(O)C(O)CCCl)cccc2s1. The number of aliphatic hydroxyl groups excluding tert-OH is 2. The number of para-hydroxylation sites is 1. The average Bonchev–Trinajstić information content (AvgIpc) is 2.68. The van der Waals surface area contributed by atoms with Crippen molar-refractivity contribution in [3.05, 3.63) is 23.8 Å². The zero-order valence-electron chi connectivity index (χ0n) is 9.01. The number of nitrogens with zero attached hydrogens (tertiary/aromatic N) is 1. The standard InChI is InChI=1S/C11H13ClN2O2S/c12-5-4-7(15)10(16)6-2-1-3-8-9(6)14-11(13)17-8/h1-3,7,10,15-16H,4-5H2,(H2,13,14). The second-order valence-electron chi connectivity index (χ2n) is 3.74. The van der Waals surface area contributed by atoms with E-state index >= 15 is 0 Å². The highest BCUT2D eigenvalue weighted by atomic mass is 35.5. The molecule has 0 saturated heterocycles. The van der Waals surface area contributed by atoms with Gasteiger partial charge in [0.2, 0.25) is 0 Å². The summed E-state index contributed by atoms with van der Waals surface area (Å²) in [6.07, 6.45) is -1.54. The molecule has 0 aliphatic carbocycles. The Hall–Kier alpha value is -0.880. The lowest BCUT2D eigenvalue weighted by molar-refractivity contribution is 0.0178. The van der Waals surface area contributed by atoms with E-state index in [1.165, 1.54) is 11.3 Å². The van der Waals surface area contributed by atoms with E-state index in [2.05, 4.69) is 4.98 Å². The molecule has 0 aliphatic rings. The lowest BCUT2D eigenvalue weighted by Crippen LogP contribution is -2.18. The van der Waals surface area contributed by atoms with Crippen molar-refractivity contribution in [1.29, 1.82) is 0 Å². The Morgan fingerprint density at radius 2 is 2.18 bits per heavy atom. The third-order valence-electron chi connectivity index (χ3n) is 2.55. The van der Waals surface area contributed by atoms with Crippen molar-refractivity contribution >= 4 is 38.3 Å². The fraction of sp³-hybridized carbons (Fsp3) is 0.364. The monoisotopic (exact) mass is 272 g/mol. The Bertz CT molecular complexity index is 517. The van der Waals surface area contributed by atoms with Crippen LogP contribution in [0.1, 0.15) is 18.1 Å². The number of fused-ring (bicyclic) bond motifs is 1. The van der Waals surface area contributed by atoms with Gasteiger partial charge in [-0.25, -0.2) is 4.98 Å². The Kier molecular flexibility index (Phi) is 3.83. The number of nitrogens with two attached hydrogens (primary N) is 1. The molecule has 4 N–H and O–H groups in total. The first-order valence-electron chi connectivity index (χ1n) is 5.20. The first-order valence-corrected chi connectivity index (χ1v) is 6.55. The van der Waals surface area contributed by atoms with Gasteiger partial charge in [-0.05, 0) is 12.5 Å². The van der Waals surface area contributed by atoms with Gasteiger partial charge in [0.1, 0.15) is 6.10 Å².